The van der Waals surface area contributed by atoms with E-state index in [1.165, 1.54) is 11.8 Å². The lowest BCUT2D eigenvalue weighted by Crippen LogP contribution is -2.12. The van der Waals surface area contributed by atoms with Crippen molar-refractivity contribution in [2.45, 2.75) is 13.3 Å². The summed E-state index contributed by atoms with van der Waals surface area (Å²) in [5, 5.41) is 3.22. The number of nitrogens with two attached hydrogens (primary N) is 1. The first kappa shape index (κ1) is 12.3. The van der Waals surface area contributed by atoms with Gasteiger partial charge < -0.3 is 16.0 Å². The summed E-state index contributed by atoms with van der Waals surface area (Å²) in [5.74, 6) is 0. The van der Waals surface area contributed by atoms with Crippen molar-refractivity contribution in [2.75, 3.05) is 11.9 Å². The minimum Gasteiger partial charge on any atom is -0.353 e. The maximum absolute atomic E-state index is 11.0. The Labute approximate surface area is 105 Å². The Morgan fingerprint density at radius 1 is 1.44 bits per heavy atom. The Balaban J connectivity index is 2.22. The molecule has 0 saturated heterocycles. The molecule has 0 fully saturated rings. The van der Waals surface area contributed by atoms with E-state index < -0.39 is 0 Å². The third kappa shape index (κ3) is 2.95. The molecule has 0 spiro atoms. The van der Waals surface area contributed by atoms with E-state index >= 15 is 0 Å². The van der Waals surface area contributed by atoms with Gasteiger partial charge >= 0.3 is 5.69 Å². The van der Waals surface area contributed by atoms with Crippen LogP contribution in [0.4, 0.5) is 11.4 Å². The molecule has 5 nitrogen and oxygen atoms in total. The number of H-pyrrole nitrogens is 1. The Kier molecular flexibility index (Phi) is 3.74. The van der Waals surface area contributed by atoms with Crippen molar-refractivity contribution in [3.8, 4) is 0 Å². The molecule has 0 amide bonds. The minimum atomic E-state index is -0.338. The van der Waals surface area contributed by atoms with Crippen LogP contribution in [0.5, 0.6) is 0 Å². The number of nitrogens with one attached hydrogen (secondary N) is 2. The van der Waals surface area contributed by atoms with Crippen molar-refractivity contribution in [2.24, 2.45) is 5.73 Å². The van der Waals surface area contributed by atoms with Gasteiger partial charge in [-0.05, 0) is 37.6 Å². The highest BCUT2D eigenvalue weighted by Crippen LogP contribution is 2.18. The van der Waals surface area contributed by atoms with Crippen molar-refractivity contribution in [3.05, 3.63) is 52.2 Å². The van der Waals surface area contributed by atoms with Crippen molar-refractivity contribution in [1.29, 1.82) is 0 Å². The number of benzene rings is 1. The molecule has 1 aromatic heterocycles. The molecule has 18 heavy (non-hydrogen) atoms. The summed E-state index contributed by atoms with van der Waals surface area (Å²) in [6, 6.07) is 8.01. The zero-order chi connectivity index (χ0) is 13.0. The normalized spacial score (nSPS) is 10.3. The van der Waals surface area contributed by atoms with Crippen molar-refractivity contribution in [1.82, 2.24) is 9.97 Å². The summed E-state index contributed by atoms with van der Waals surface area (Å²) in [7, 11) is 0. The first-order valence-electron chi connectivity index (χ1n) is 5.81. The van der Waals surface area contributed by atoms with Crippen LogP contribution in [0.25, 0.3) is 0 Å². The smallest absolute Gasteiger partial charge is 0.345 e. The summed E-state index contributed by atoms with van der Waals surface area (Å²) >= 11 is 0. The second-order valence-electron chi connectivity index (χ2n) is 4.09. The molecule has 0 bridgehead atoms. The highest BCUT2D eigenvalue weighted by molar-refractivity contribution is 5.61. The first-order chi connectivity index (χ1) is 8.69. The van der Waals surface area contributed by atoms with Gasteiger partial charge in [-0.2, -0.15) is 4.98 Å². The van der Waals surface area contributed by atoms with Crippen LogP contribution in [0.1, 0.15) is 11.3 Å². The third-order valence-corrected chi connectivity index (χ3v) is 2.65. The van der Waals surface area contributed by atoms with Crippen LogP contribution in [-0.4, -0.2) is 16.5 Å². The molecular weight excluding hydrogens is 228 g/mol. The molecule has 94 valence electrons. The van der Waals surface area contributed by atoms with Crippen LogP contribution in [0, 0.1) is 6.92 Å². The van der Waals surface area contributed by atoms with Gasteiger partial charge in [0.2, 0.25) is 0 Å². The highest BCUT2D eigenvalue weighted by Gasteiger charge is 2.01. The number of aromatic nitrogens is 2. The van der Waals surface area contributed by atoms with E-state index in [0.29, 0.717) is 6.54 Å². The predicted octanol–water partition coefficient (Wildman–Crippen LogP) is 1.32. The molecule has 0 unspecified atom stereocenters. The lowest BCUT2D eigenvalue weighted by Gasteiger charge is -2.09. The number of nitrogens with zero attached hydrogens (tertiary/aromatic N) is 1. The Morgan fingerprint density at radius 3 is 3.00 bits per heavy atom. The van der Waals surface area contributed by atoms with Crippen LogP contribution in [-0.2, 0) is 6.42 Å². The number of anilines is 2. The second-order valence-corrected chi connectivity index (χ2v) is 4.09. The van der Waals surface area contributed by atoms with E-state index in [1.54, 1.807) is 0 Å². The van der Waals surface area contributed by atoms with Gasteiger partial charge in [0.05, 0.1) is 11.9 Å². The largest absolute Gasteiger partial charge is 0.353 e. The molecule has 0 aliphatic rings. The molecular formula is C13H16N4O. The molecule has 2 aromatic rings. The fourth-order valence-electron chi connectivity index (χ4n) is 1.73. The molecule has 1 heterocycles. The average molecular weight is 244 g/mol. The summed E-state index contributed by atoms with van der Waals surface area (Å²) in [6.07, 6.45) is 2.38. The maximum atomic E-state index is 11.0. The molecule has 4 N–H and O–H groups in total. The molecule has 0 saturated carbocycles. The third-order valence-electron chi connectivity index (χ3n) is 2.65. The van der Waals surface area contributed by atoms with E-state index in [4.69, 9.17) is 5.73 Å². The van der Waals surface area contributed by atoms with Crippen molar-refractivity contribution < 1.29 is 0 Å². The lowest BCUT2D eigenvalue weighted by molar-refractivity contribution is 0.969. The van der Waals surface area contributed by atoms with Crippen LogP contribution in [0.2, 0.25) is 0 Å². The monoisotopic (exact) mass is 244 g/mol. The molecule has 0 aliphatic heterocycles. The SMILES string of the molecule is Cc1[nH]c(=O)ncc1Nc1cccc(CCN)c1. The van der Waals surface area contributed by atoms with Gasteiger partial charge in [0.15, 0.2) is 0 Å². The Morgan fingerprint density at radius 2 is 2.28 bits per heavy atom. The number of aromatic amines is 1. The fourth-order valence-corrected chi connectivity index (χ4v) is 1.73. The van der Waals surface area contributed by atoms with Gasteiger partial charge in [0, 0.05) is 11.4 Å². The quantitative estimate of drug-likeness (QED) is 0.757. The number of hydrogen-bond acceptors (Lipinski definition) is 4. The summed E-state index contributed by atoms with van der Waals surface area (Å²) in [6.45, 7) is 2.46. The highest BCUT2D eigenvalue weighted by atomic mass is 16.1. The molecule has 2 rings (SSSR count). The number of aryl methyl sites for hydroxylation is 1. The maximum Gasteiger partial charge on any atom is 0.345 e. The molecule has 0 aliphatic carbocycles. The Hall–Kier alpha value is -2.14. The molecule has 1 aromatic carbocycles. The van der Waals surface area contributed by atoms with Crippen molar-refractivity contribution in [3.63, 3.8) is 0 Å². The Bertz CT molecular complexity index is 592. The van der Waals surface area contributed by atoms with E-state index in [9.17, 15) is 4.79 Å². The zero-order valence-electron chi connectivity index (χ0n) is 10.2. The first-order valence-corrected chi connectivity index (χ1v) is 5.81. The predicted molar refractivity (Wildman–Crippen MR) is 72.1 cm³/mol. The van der Waals surface area contributed by atoms with Gasteiger partial charge in [-0.1, -0.05) is 12.1 Å². The van der Waals surface area contributed by atoms with Crippen LogP contribution < -0.4 is 16.7 Å². The van der Waals surface area contributed by atoms with Gasteiger partial charge in [0.1, 0.15) is 0 Å². The molecule has 0 radical (unpaired) electrons. The van der Waals surface area contributed by atoms with Crippen molar-refractivity contribution >= 4 is 11.4 Å². The number of rotatable bonds is 4. The molecule has 0 atom stereocenters. The average Bonchev–Trinajstić information content (AvgIpc) is 2.34. The fraction of sp³-hybridized carbons (Fsp3) is 0.231. The van der Waals surface area contributed by atoms with Gasteiger partial charge in [-0.15, -0.1) is 0 Å². The van der Waals surface area contributed by atoms with E-state index in [-0.39, 0.29) is 5.69 Å². The van der Waals surface area contributed by atoms with Crippen LogP contribution in [0.3, 0.4) is 0 Å². The summed E-state index contributed by atoms with van der Waals surface area (Å²) in [5.41, 5.74) is 8.88. The van der Waals surface area contributed by atoms with E-state index in [0.717, 1.165) is 23.5 Å². The van der Waals surface area contributed by atoms with Crippen LogP contribution in [0.15, 0.2) is 35.3 Å². The summed E-state index contributed by atoms with van der Waals surface area (Å²) in [4.78, 5) is 17.4. The van der Waals surface area contributed by atoms with Crippen LogP contribution >= 0.6 is 0 Å². The van der Waals surface area contributed by atoms with Gasteiger partial charge in [-0.25, -0.2) is 4.79 Å². The van der Waals surface area contributed by atoms with E-state index in [1.807, 2.05) is 31.2 Å². The minimum absolute atomic E-state index is 0.338. The van der Waals surface area contributed by atoms with E-state index in [2.05, 4.69) is 15.3 Å². The molecule has 5 heteroatoms. The standard InChI is InChI=1S/C13H16N4O/c1-9-12(8-15-13(18)16-9)17-11-4-2-3-10(7-11)5-6-14/h2-4,7-8,17H,5-6,14H2,1H3,(H,15,16,18). The topological polar surface area (TPSA) is 83.8 Å². The summed E-state index contributed by atoms with van der Waals surface area (Å²) < 4.78 is 0. The lowest BCUT2D eigenvalue weighted by atomic mass is 10.1. The number of hydrogen-bond donors (Lipinski definition) is 3. The second kappa shape index (κ2) is 5.46. The van der Waals surface area contributed by atoms with Gasteiger partial charge in [0.25, 0.3) is 0 Å². The zero-order valence-corrected chi connectivity index (χ0v) is 10.2. The van der Waals surface area contributed by atoms with Gasteiger partial charge in [-0.3, -0.25) is 0 Å².